The number of rotatable bonds is 2. The first-order valence-corrected chi connectivity index (χ1v) is 5.88. The molecular weight excluding hydrogens is 158 g/mol. The Morgan fingerprint density at radius 3 is 2.46 bits per heavy atom. The van der Waals surface area contributed by atoms with Crippen LogP contribution in [0.4, 0.5) is 0 Å². The Kier molecular flexibility index (Phi) is 0.959. The van der Waals surface area contributed by atoms with Crippen molar-refractivity contribution in [1.29, 1.82) is 0 Å². The second kappa shape index (κ2) is 1.71. The molecule has 8 atom stereocenters. The maximum atomic E-state index is 3.43. The molecule has 1 N–H and O–H groups in total. The number of hydrogen-bond donors (Lipinski definition) is 1. The summed E-state index contributed by atoms with van der Waals surface area (Å²) in [5.74, 6) is 6.81. The molecule has 0 heterocycles. The number of hydrogen-bond acceptors (Lipinski definition) is 1. The van der Waals surface area contributed by atoms with Gasteiger partial charge in [0, 0.05) is 6.04 Å². The zero-order valence-electron chi connectivity index (χ0n) is 8.75. The third-order valence-corrected chi connectivity index (χ3v) is 6.10. The van der Waals surface area contributed by atoms with Crippen molar-refractivity contribution < 1.29 is 0 Å². The van der Waals surface area contributed by atoms with Gasteiger partial charge in [0.05, 0.1) is 0 Å². The van der Waals surface area contributed by atoms with E-state index in [1.165, 1.54) is 12.3 Å². The summed E-state index contributed by atoms with van der Waals surface area (Å²) in [6.45, 7) is 5.01. The predicted molar refractivity (Wildman–Crippen MR) is 52.2 cm³/mol. The molecule has 1 nitrogen and oxygen atoms in total. The fraction of sp³-hybridized carbons (Fsp3) is 1.00. The van der Waals surface area contributed by atoms with E-state index in [-0.39, 0.29) is 0 Å². The molecule has 4 aliphatic rings. The van der Waals surface area contributed by atoms with E-state index in [2.05, 4.69) is 26.2 Å². The summed E-state index contributed by atoms with van der Waals surface area (Å²) in [4.78, 5) is 0. The van der Waals surface area contributed by atoms with Crippen LogP contribution in [0.2, 0.25) is 0 Å². The number of nitrogens with one attached hydrogen (secondary N) is 1. The van der Waals surface area contributed by atoms with Crippen molar-refractivity contribution in [3.8, 4) is 0 Å². The standard InChI is InChI=1S/C12H19N/c1-5-10-9-8(6-4-7(6)13-3)11(9)12(5,10)2/h5-11,13H,4H2,1-3H3/t5-,6+,7-,8?,9+,10+,11+,12+/m0/s1. The molecule has 72 valence electrons. The highest BCUT2D eigenvalue weighted by atomic mass is 15.0. The van der Waals surface area contributed by atoms with Crippen LogP contribution in [0.5, 0.6) is 0 Å². The molecule has 0 radical (unpaired) electrons. The molecule has 0 aromatic carbocycles. The SMILES string of the molecule is CN[C@H]1C[C@H]1C1[C@@H]2[C@H]3[C@H](C)[C@@]3(C)[C@H]12. The first kappa shape index (κ1) is 7.28. The van der Waals surface area contributed by atoms with E-state index in [0.717, 1.165) is 41.0 Å². The third-order valence-electron chi connectivity index (χ3n) is 6.10. The van der Waals surface area contributed by atoms with Gasteiger partial charge in [-0.15, -0.1) is 0 Å². The molecule has 0 aromatic rings. The highest BCUT2D eigenvalue weighted by Crippen LogP contribution is 2.92. The molecule has 4 fully saturated rings. The lowest BCUT2D eigenvalue weighted by Gasteiger charge is -2.18. The molecule has 0 aromatic heterocycles. The lowest BCUT2D eigenvalue weighted by molar-refractivity contribution is 0.290. The average Bonchev–Trinajstić information content (AvgIpc) is 2.94. The lowest BCUT2D eigenvalue weighted by Crippen LogP contribution is -2.14. The summed E-state index contributed by atoms with van der Waals surface area (Å²) in [5, 5.41) is 3.43. The first-order chi connectivity index (χ1) is 6.21. The van der Waals surface area contributed by atoms with Gasteiger partial charge < -0.3 is 5.32 Å². The van der Waals surface area contributed by atoms with Gasteiger partial charge in [0.1, 0.15) is 0 Å². The van der Waals surface area contributed by atoms with Gasteiger partial charge in [-0.05, 0) is 54.4 Å². The van der Waals surface area contributed by atoms with Gasteiger partial charge in [-0.1, -0.05) is 13.8 Å². The predicted octanol–water partition coefficient (Wildman–Crippen LogP) is 1.74. The molecule has 0 saturated heterocycles. The van der Waals surface area contributed by atoms with Crippen LogP contribution >= 0.6 is 0 Å². The Morgan fingerprint density at radius 1 is 1.23 bits per heavy atom. The van der Waals surface area contributed by atoms with Crippen molar-refractivity contribution in [2.24, 2.45) is 40.9 Å². The molecule has 0 spiro atoms. The monoisotopic (exact) mass is 177 g/mol. The summed E-state index contributed by atoms with van der Waals surface area (Å²) < 4.78 is 0. The van der Waals surface area contributed by atoms with Crippen LogP contribution in [0.15, 0.2) is 0 Å². The third kappa shape index (κ3) is 0.562. The van der Waals surface area contributed by atoms with Crippen LogP contribution in [0, 0.1) is 40.9 Å². The Hall–Kier alpha value is -0.0400. The molecule has 4 aliphatic carbocycles. The van der Waals surface area contributed by atoms with E-state index in [0.29, 0.717) is 0 Å². The Labute approximate surface area is 80.3 Å². The van der Waals surface area contributed by atoms with Crippen molar-refractivity contribution >= 4 is 0 Å². The molecule has 4 saturated carbocycles. The summed E-state index contributed by atoms with van der Waals surface area (Å²) in [7, 11) is 2.13. The molecule has 4 rings (SSSR count). The second-order valence-electron chi connectivity index (χ2n) is 6.16. The van der Waals surface area contributed by atoms with Gasteiger partial charge >= 0.3 is 0 Å². The Bertz CT molecular complexity index is 287. The average molecular weight is 177 g/mol. The van der Waals surface area contributed by atoms with E-state index < -0.39 is 0 Å². The fourth-order valence-electron chi connectivity index (χ4n) is 5.12. The minimum atomic E-state index is 0.830. The van der Waals surface area contributed by atoms with Gasteiger partial charge in [-0.25, -0.2) is 0 Å². The van der Waals surface area contributed by atoms with Gasteiger partial charge in [0.2, 0.25) is 0 Å². The van der Waals surface area contributed by atoms with Gasteiger partial charge in [0.15, 0.2) is 0 Å². The van der Waals surface area contributed by atoms with Crippen LogP contribution in [-0.4, -0.2) is 13.1 Å². The lowest BCUT2D eigenvalue weighted by atomic mass is 9.86. The van der Waals surface area contributed by atoms with Crippen LogP contribution < -0.4 is 5.32 Å². The zero-order chi connectivity index (χ0) is 8.96. The minimum absolute atomic E-state index is 0.830. The molecule has 13 heavy (non-hydrogen) atoms. The summed E-state index contributed by atoms with van der Waals surface area (Å²) in [5.41, 5.74) is 0.830. The normalized spacial score (nSPS) is 76.4. The Balaban J connectivity index is 1.49. The molecule has 1 heteroatoms. The molecule has 0 amide bonds. The van der Waals surface area contributed by atoms with Crippen molar-refractivity contribution in [3.63, 3.8) is 0 Å². The molecular formula is C12H19N. The number of fused-ring (bicyclic) bond motifs is 4. The van der Waals surface area contributed by atoms with Crippen LogP contribution in [0.3, 0.4) is 0 Å². The topological polar surface area (TPSA) is 12.0 Å². The maximum absolute atomic E-state index is 3.43. The fourth-order valence-corrected chi connectivity index (χ4v) is 5.12. The summed E-state index contributed by atoms with van der Waals surface area (Å²) >= 11 is 0. The summed E-state index contributed by atoms with van der Waals surface area (Å²) in [6, 6.07) is 0.897. The van der Waals surface area contributed by atoms with Crippen LogP contribution in [0.1, 0.15) is 20.3 Å². The van der Waals surface area contributed by atoms with E-state index in [1.807, 2.05) is 0 Å². The smallest absolute Gasteiger partial charge is 0.00990 e. The van der Waals surface area contributed by atoms with E-state index in [9.17, 15) is 0 Å². The van der Waals surface area contributed by atoms with Crippen molar-refractivity contribution in [3.05, 3.63) is 0 Å². The Morgan fingerprint density at radius 2 is 2.00 bits per heavy atom. The van der Waals surface area contributed by atoms with Gasteiger partial charge in [0.25, 0.3) is 0 Å². The quantitative estimate of drug-likeness (QED) is 0.677. The van der Waals surface area contributed by atoms with Gasteiger partial charge in [-0.3, -0.25) is 0 Å². The highest BCUT2D eigenvalue weighted by molar-refractivity contribution is 5.36. The molecule has 0 bridgehead atoms. The maximum Gasteiger partial charge on any atom is 0.00990 e. The highest BCUT2D eigenvalue weighted by Gasteiger charge is 2.89. The van der Waals surface area contributed by atoms with Crippen LogP contribution in [0.25, 0.3) is 0 Å². The largest absolute Gasteiger partial charge is 0.317 e. The van der Waals surface area contributed by atoms with Crippen molar-refractivity contribution in [1.82, 2.24) is 5.32 Å². The van der Waals surface area contributed by atoms with E-state index >= 15 is 0 Å². The minimum Gasteiger partial charge on any atom is -0.317 e. The van der Waals surface area contributed by atoms with Crippen LogP contribution in [-0.2, 0) is 0 Å². The van der Waals surface area contributed by atoms with Gasteiger partial charge in [-0.2, -0.15) is 0 Å². The zero-order valence-corrected chi connectivity index (χ0v) is 8.75. The van der Waals surface area contributed by atoms with E-state index in [4.69, 9.17) is 0 Å². The second-order valence-corrected chi connectivity index (χ2v) is 6.16. The van der Waals surface area contributed by atoms with E-state index in [1.54, 1.807) is 0 Å². The molecule has 1 unspecified atom stereocenters. The van der Waals surface area contributed by atoms with Crippen molar-refractivity contribution in [2.45, 2.75) is 26.3 Å². The van der Waals surface area contributed by atoms with Crippen molar-refractivity contribution in [2.75, 3.05) is 7.05 Å². The molecule has 0 aliphatic heterocycles. The summed E-state index contributed by atoms with van der Waals surface area (Å²) in [6.07, 6.45) is 1.48. The first-order valence-electron chi connectivity index (χ1n) is 5.88.